The van der Waals surface area contributed by atoms with E-state index in [1.165, 1.54) is 4.57 Å². The second-order valence-electron chi connectivity index (χ2n) is 5.98. The van der Waals surface area contributed by atoms with Gasteiger partial charge in [0.05, 0.1) is 17.1 Å². The fourth-order valence-corrected chi connectivity index (χ4v) is 2.55. The Kier molecular flexibility index (Phi) is 4.61. The first kappa shape index (κ1) is 16.8. The number of hydrogen-bond donors (Lipinski definition) is 1. The lowest BCUT2D eigenvalue weighted by atomic mass is 10.1. The van der Waals surface area contributed by atoms with Crippen LogP contribution in [-0.2, 0) is 7.05 Å². The molecule has 1 heterocycles. The van der Waals surface area contributed by atoms with Crippen LogP contribution < -0.4 is 15.8 Å². The molecule has 0 spiro atoms. The van der Waals surface area contributed by atoms with Gasteiger partial charge >= 0.3 is 5.76 Å². The molecule has 2 atom stereocenters. The largest absolute Gasteiger partial charge is 0.489 e. The second kappa shape index (κ2) is 6.84. The normalized spacial score (nSPS) is 13.4. The average Bonchev–Trinajstić information content (AvgIpc) is 2.90. The third-order valence-corrected chi connectivity index (χ3v) is 4.19. The van der Waals surface area contributed by atoms with Gasteiger partial charge in [0.2, 0.25) is 0 Å². The highest BCUT2D eigenvalue weighted by Crippen LogP contribution is 2.18. The Bertz CT molecular complexity index is 943. The summed E-state index contributed by atoms with van der Waals surface area (Å²) in [5, 5.41) is 2.90. The molecule has 6 nitrogen and oxygen atoms in total. The van der Waals surface area contributed by atoms with Gasteiger partial charge in [-0.25, -0.2) is 4.79 Å². The molecule has 1 N–H and O–H groups in total. The van der Waals surface area contributed by atoms with Crippen LogP contribution in [0.4, 0.5) is 0 Å². The maximum Gasteiger partial charge on any atom is 0.419 e. The summed E-state index contributed by atoms with van der Waals surface area (Å²) in [4.78, 5) is 24.3. The Hall–Kier alpha value is -3.02. The van der Waals surface area contributed by atoms with Crippen LogP contribution in [0.1, 0.15) is 24.2 Å². The van der Waals surface area contributed by atoms with Crippen LogP contribution >= 0.6 is 0 Å². The number of ether oxygens (including phenoxy) is 1. The van der Waals surface area contributed by atoms with Crippen LogP contribution in [-0.4, -0.2) is 22.6 Å². The van der Waals surface area contributed by atoms with Gasteiger partial charge in [-0.15, -0.1) is 0 Å². The van der Waals surface area contributed by atoms with Gasteiger partial charge in [-0.1, -0.05) is 24.3 Å². The fraction of sp³-hybridized carbons (Fsp3) is 0.263. The fourth-order valence-electron chi connectivity index (χ4n) is 2.55. The van der Waals surface area contributed by atoms with E-state index in [0.29, 0.717) is 11.1 Å². The van der Waals surface area contributed by atoms with Gasteiger partial charge < -0.3 is 14.5 Å². The van der Waals surface area contributed by atoms with Crippen LogP contribution in [0.2, 0.25) is 0 Å². The number of carbonyl (C=O) groups excluding carboxylic acids is 1. The number of amides is 1. The molecular formula is C19H20N2O4. The number of aryl methyl sites for hydroxylation is 1. The molecule has 1 aromatic heterocycles. The van der Waals surface area contributed by atoms with Gasteiger partial charge in [0, 0.05) is 7.05 Å². The summed E-state index contributed by atoms with van der Waals surface area (Å²) in [7, 11) is 1.61. The molecule has 2 aromatic carbocycles. The molecule has 0 aliphatic carbocycles. The third-order valence-electron chi connectivity index (χ3n) is 4.19. The summed E-state index contributed by atoms with van der Waals surface area (Å²) >= 11 is 0. The predicted molar refractivity (Wildman–Crippen MR) is 94.9 cm³/mol. The van der Waals surface area contributed by atoms with Crippen molar-refractivity contribution in [3.63, 3.8) is 0 Å². The monoisotopic (exact) mass is 340 g/mol. The van der Waals surface area contributed by atoms with Crippen molar-refractivity contribution in [2.75, 3.05) is 0 Å². The molecular weight excluding hydrogens is 320 g/mol. The van der Waals surface area contributed by atoms with E-state index in [4.69, 9.17) is 9.15 Å². The van der Waals surface area contributed by atoms with Crippen molar-refractivity contribution < 1.29 is 13.9 Å². The molecule has 0 unspecified atom stereocenters. The predicted octanol–water partition coefficient (Wildman–Crippen LogP) is 2.72. The van der Waals surface area contributed by atoms with Gasteiger partial charge in [-0.2, -0.15) is 0 Å². The van der Waals surface area contributed by atoms with E-state index < -0.39 is 5.76 Å². The van der Waals surface area contributed by atoms with E-state index in [2.05, 4.69) is 5.32 Å². The van der Waals surface area contributed by atoms with E-state index in [1.54, 1.807) is 25.2 Å². The van der Waals surface area contributed by atoms with Gasteiger partial charge in [0.25, 0.3) is 5.91 Å². The Morgan fingerprint density at radius 2 is 1.84 bits per heavy atom. The molecule has 25 heavy (non-hydrogen) atoms. The third kappa shape index (κ3) is 3.42. The Labute approximate surface area is 145 Å². The minimum atomic E-state index is -0.496. The Morgan fingerprint density at radius 3 is 2.56 bits per heavy atom. The molecule has 0 aliphatic rings. The van der Waals surface area contributed by atoms with Crippen molar-refractivity contribution in [1.29, 1.82) is 0 Å². The number of para-hydroxylation sites is 2. The van der Waals surface area contributed by atoms with Gasteiger partial charge in [-0.3, -0.25) is 9.36 Å². The average molecular weight is 340 g/mol. The molecule has 0 fully saturated rings. The first-order chi connectivity index (χ1) is 12.0. The lowest BCUT2D eigenvalue weighted by Crippen LogP contribution is -2.42. The molecule has 3 rings (SSSR count). The summed E-state index contributed by atoms with van der Waals surface area (Å²) in [6.07, 6.45) is -0.228. The zero-order valence-corrected chi connectivity index (χ0v) is 14.4. The van der Waals surface area contributed by atoms with Crippen molar-refractivity contribution in [3.8, 4) is 5.75 Å². The van der Waals surface area contributed by atoms with Crippen LogP contribution in [0, 0.1) is 0 Å². The number of nitrogens with one attached hydrogen (secondary N) is 1. The van der Waals surface area contributed by atoms with Crippen LogP contribution in [0.5, 0.6) is 5.75 Å². The molecule has 3 aromatic rings. The summed E-state index contributed by atoms with van der Waals surface area (Å²) in [5.74, 6) is -0.0627. The summed E-state index contributed by atoms with van der Waals surface area (Å²) < 4.78 is 12.4. The number of rotatable bonds is 5. The van der Waals surface area contributed by atoms with Crippen molar-refractivity contribution in [3.05, 3.63) is 64.6 Å². The highest BCUT2D eigenvalue weighted by atomic mass is 16.5. The summed E-state index contributed by atoms with van der Waals surface area (Å²) in [6.45, 7) is 3.76. The summed E-state index contributed by atoms with van der Waals surface area (Å²) in [6, 6.07) is 14.3. The number of aromatic nitrogens is 1. The van der Waals surface area contributed by atoms with Gasteiger partial charge in [0.1, 0.15) is 11.9 Å². The number of nitrogens with zero attached hydrogens (tertiary/aromatic N) is 1. The van der Waals surface area contributed by atoms with Crippen molar-refractivity contribution in [1.82, 2.24) is 9.88 Å². The smallest absolute Gasteiger partial charge is 0.419 e. The zero-order valence-electron chi connectivity index (χ0n) is 14.4. The summed E-state index contributed by atoms with van der Waals surface area (Å²) in [5.41, 5.74) is 1.20. The van der Waals surface area contributed by atoms with Crippen LogP contribution in [0.15, 0.2) is 57.7 Å². The Balaban J connectivity index is 1.76. The number of carbonyl (C=O) groups is 1. The molecule has 0 saturated heterocycles. The van der Waals surface area contributed by atoms with Crippen molar-refractivity contribution in [2.24, 2.45) is 7.05 Å². The van der Waals surface area contributed by atoms with Crippen molar-refractivity contribution >= 4 is 17.0 Å². The van der Waals surface area contributed by atoms with E-state index in [-0.39, 0.29) is 23.6 Å². The zero-order chi connectivity index (χ0) is 18.0. The lowest BCUT2D eigenvalue weighted by Gasteiger charge is -2.22. The van der Waals surface area contributed by atoms with E-state index in [0.717, 1.165) is 5.75 Å². The van der Waals surface area contributed by atoms with Crippen LogP contribution in [0.25, 0.3) is 11.1 Å². The second-order valence-corrected chi connectivity index (χ2v) is 5.98. The maximum atomic E-state index is 12.6. The van der Waals surface area contributed by atoms with Crippen molar-refractivity contribution in [2.45, 2.75) is 26.0 Å². The number of oxazole rings is 1. The van der Waals surface area contributed by atoms with E-state index in [9.17, 15) is 9.59 Å². The highest BCUT2D eigenvalue weighted by Gasteiger charge is 2.21. The number of benzene rings is 2. The first-order valence-corrected chi connectivity index (χ1v) is 8.08. The Morgan fingerprint density at radius 1 is 1.12 bits per heavy atom. The molecule has 1 amide bonds. The van der Waals surface area contributed by atoms with E-state index >= 15 is 0 Å². The standard InChI is InChI=1S/C19H20N2O4/c1-12(13(2)24-14-8-5-4-6-9-14)20-18(22)15-10-7-11-16-17(15)25-19(23)21(16)3/h4-13H,1-3H3,(H,20,22)/t12-,13+/m0/s1. The van der Waals surface area contributed by atoms with E-state index in [1.807, 2.05) is 44.2 Å². The molecule has 0 saturated carbocycles. The minimum Gasteiger partial charge on any atom is -0.489 e. The molecule has 0 bridgehead atoms. The lowest BCUT2D eigenvalue weighted by molar-refractivity contribution is 0.0894. The first-order valence-electron chi connectivity index (χ1n) is 8.08. The molecule has 130 valence electrons. The van der Waals surface area contributed by atoms with Gasteiger partial charge in [0.15, 0.2) is 5.58 Å². The number of fused-ring (bicyclic) bond motifs is 1. The molecule has 0 aliphatic heterocycles. The maximum absolute atomic E-state index is 12.6. The topological polar surface area (TPSA) is 73.5 Å². The van der Waals surface area contributed by atoms with Gasteiger partial charge in [-0.05, 0) is 38.1 Å². The molecule has 0 radical (unpaired) electrons. The SMILES string of the molecule is C[C@H](NC(=O)c1cccc2c1oc(=O)n2C)[C@@H](C)Oc1ccccc1. The quantitative estimate of drug-likeness (QED) is 0.775. The highest BCUT2D eigenvalue weighted by molar-refractivity contribution is 6.04. The molecule has 6 heteroatoms. The minimum absolute atomic E-state index is 0.228. The van der Waals surface area contributed by atoms with Crippen LogP contribution in [0.3, 0.4) is 0 Å². The number of hydrogen-bond acceptors (Lipinski definition) is 4.